The molecule has 4 N–H and O–H groups in total. The molecular weight excluding hydrogens is 293 g/mol. The monoisotopic (exact) mass is 300 g/mol. The second kappa shape index (κ2) is 7.81. The Morgan fingerprint density at radius 1 is 1.10 bits per heavy atom. The Kier molecular flexibility index (Phi) is 13.3. The van der Waals surface area contributed by atoms with Crippen LogP contribution in [-0.4, -0.2) is 82.8 Å². The molecule has 0 heterocycles. The predicted octanol–water partition coefficient (Wildman–Crippen LogP) is -1.35. The first kappa shape index (κ1) is 17.0. The summed E-state index contributed by atoms with van der Waals surface area (Å²) in [7, 11) is -4.67. The zero-order valence-corrected chi connectivity index (χ0v) is 4.74. The fraction of sp³-hybridized carbons (Fsp3) is 0. The summed E-state index contributed by atoms with van der Waals surface area (Å²) >= 11 is 0. The molecule has 0 aromatic rings. The van der Waals surface area contributed by atoms with Crippen LogP contribution < -0.4 is 0 Å². The molecule has 0 spiro atoms. The van der Waals surface area contributed by atoms with Crippen molar-refractivity contribution in [3.05, 3.63) is 0 Å². The van der Waals surface area contributed by atoms with E-state index in [1.54, 1.807) is 0 Å². The molecule has 0 aliphatic heterocycles. The molecule has 0 radical (unpaired) electrons. The van der Waals surface area contributed by atoms with Crippen LogP contribution in [0.1, 0.15) is 0 Å². The molecule has 7 nitrogen and oxygen atoms in total. The molecule has 0 unspecified atom stereocenters. The van der Waals surface area contributed by atoms with Gasteiger partial charge >= 0.3 is 65.4 Å². The van der Waals surface area contributed by atoms with Crippen LogP contribution in [0.25, 0.3) is 0 Å². The molecule has 0 atom stereocenters. The Hall–Kier alpha value is 0.711. The Bertz CT molecular complexity index is 156. The summed E-state index contributed by atoms with van der Waals surface area (Å²) in [6.45, 7) is 0. The fourth-order valence-electron chi connectivity index (χ4n) is 0. The van der Waals surface area contributed by atoms with Gasteiger partial charge in [0.1, 0.15) is 0 Å². The zero-order valence-electron chi connectivity index (χ0n) is 3.92. The van der Waals surface area contributed by atoms with Gasteiger partial charge in [0.05, 0.1) is 0 Å². The minimum absolute atomic E-state index is 0. The van der Waals surface area contributed by atoms with Crippen LogP contribution in [0.3, 0.4) is 0 Å². The molecule has 0 saturated carbocycles. The van der Waals surface area contributed by atoms with Crippen LogP contribution in [0.5, 0.6) is 0 Å². The SMILES string of the molecule is O=C(O)O.O=S(=O)(O)O.[BaH2]. The summed E-state index contributed by atoms with van der Waals surface area (Å²) in [5, 5.41) is 13.9. The van der Waals surface area contributed by atoms with Gasteiger partial charge in [0.15, 0.2) is 0 Å². The molecule has 0 aromatic carbocycles. The van der Waals surface area contributed by atoms with E-state index in [-0.39, 0.29) is 48.9 Å². The van der Waals surface area contributed by atoms with Crippen LogP contribution in [-0.2, 0) is 10.4 Å². The van der Waals surface area contributed by atoms with Gasteiger partial charge in [0.25, 0.3) is 0 Å². The summed E-state index contributed by atoms with van der Waals surface area (Å²) in [6, 6.07) is 0. The Morgan fingerprint density at radius 2 is 1.10 bits per heavy atom. The molecule has 10 heavy (non-hydrogen) atoms. The summed E-state index contributed by atoms with van der Waals surface area (Å²) in [4.78, 5) is 8.56. The fourth-order valence-corrected chi connectivity index (χ4v) is 0. The molecule has 9 heteroatoms. The van der Waals surface area contributed by atoms with Crippen LogP contribution in [0.2, 0.25) is 0 Å². The van der Waals surface area contributed by atoms with Gasteiger partial charge in [0.2, 0.25) is 0 Å². The first-order chi connectivity index (χ1) is 3.73. The number of carboxylic acid groups (broad SMARTS) is 2. The predicted molar refractivity (Wildman–Crippen MR) is 33.4 cm³/mol. The van der Waals surface area contributed by atoms with E-state index in [1.807, 2.05) is 0 Å². The molecule has 60 valence electrons. The van der Waals surface area contributed by atoms with E-state index in [2.05, 4.69) is 0 Å². The van der Waals surface area contributed by atoms with Gasteiger partial charge in [-0.25, -0.2) is 4.79 Å². The molecule has 0 fully saturated rings. The van der Waals surface area contributed by atoms with Gasteiger partial charge in [-0.05, 0) is 0 Å². The Labute approximate surface area is 96.7 Å². The van der Waals surface area contributed by atoms with E-state index in [1.165, 1.54) is 0 Å². The van der Waals surface area contributed by atoms with E-state index >= 15 is 0 Å². The summed E-state index contributed by atoms with van der Waals surface area (Å²) < 4.78 is 31.6. The molecule has 0 saturated heterocycles. The number of hydrogen-bond acceptors (Lipinski definition) is 3. The van der Waals surface area contributed by atoms with Crippen molar-refractivity contribution in [1.29, 1.82) is 0 Å². The van der Waals surface area contributed by atoms with Crippen molar-refractivity contribution < 1.29 is 32.5 Å². The van der Waals surface area contributed by atoms with Gasteiger partial charge < -0.3 is 10.2 Å². The molecule has 0 aliphatic carbocycles. The van der Waals surface area contributed by atoms with E-state index in [0.29, 0.717) is 0 Å². The van der Waals surface area contributed by atoms with Crippen LogP contribution in [0.4, 0.5) is 4.79 Å². The van der Waals surface area contributed by atoms with Gasteiger partial charge in [-0.1, -0.05) is 0 Å². The summed E-state index contributed by atoms with van der Waals surface area (Å²) in [5.41, 5.74) is 0. The third-order valence-electron chi connectivity index (χ3n) is 0. The van der Waals surface area contributed by atoms with E-state index in [4.69, 9.17) is 32.5 Å². The van der Waals surface area contributed by atoms with Crippen molar-refractivity contribution in [3.8, 4) is 0 Å². The van der Waals surface area contributed by atoms with Crippen molar-refractivity contribution in [2.45, 2.75) is 0 Å². The second-order valence-corrected chi connectivity index (χ2v) is 1.63. The van der Waals surface area contributed by atoms with E-state index in [9.17, 15) is 0 Å². The molecule has 0 amide bonds. The number of rotatable bonds is 0. The van der Waals surface area contributed by atoms with Crippen molar-refractivity contribution >= 4 is 65.4 Å². The second-order valence-electron chi connectivity index (χ2n) is 0.730. The molecule has 0 bridgehead atoms. The normalized spacial score (nSPS) is 8.20. The van der Waals surface area contributed by atoms with Gasteiger partial charge in [-0.15, -0.1) is 0 Å². The first-order valence-corrected chi connectivity index (χ1v) is 2.75. The van der Waals surface area contributed by atoms with Crippen molar-refractivity contribution in [3.63, 3.8) is 0 Å². The maximum absolute atomic E-state index is 8.74. The average Bonchev–Trinajstić information content (AvgIpc) is 1.19. The quantitative estimate of drug-likeness (QED) is 0.321. The molecule has 0 aliphatic rings. The summed E-state index contributed by atoms with van der Waals surface area (Å²) in [6.07, 6.45) is -1.83. The standard InChI is InChI=1S/CH2O3.Ba.H2O4S.2H/c2-1(3)4;;1-5(2,3)4;;/h(H2,2,3,4);;(H2,1,2,3,4);;. The molecule has 0 aromatic heterocycles. The van der Waals surface area contributed by atoms with Crippen LogP contribution in [0.15, 0.2) is 0 Å². The zero-order chi connectivity index (χ0) is 8.08. The Balaban J connectivity index is -0.0000000910. The van der Waals surface area contributed by atoms with Crippen molar-refractivity contribution in [2.24, 2.45) is 0 Å². The van der Waals surface area contributed by atoms with Crippen LogP contribution in [0, 0.1) is 0 Å². The molecule has 0 rings (SSSR count). The van der Waals surface area contributed by atoms with Crippen molar-refractivity contribution in [1.82, 2.24) is 0 Å². The van der Waals surface area contributed by atoms with Crippen LogP contribution >= 0.6 is 0 Å². The number of carbonyl (C=O) groups is 1. The molecular formula is CH6BaO7S. The van der Waals surface area contributed by atoms with Gasteiger partial charge in [-0.3, -0.25) is 9.11 Å². The number of hydrogen-bond donors (Lipinski definition) is 4. The van der Waals surface area contributed by atoms with Gasteiger partial charge in [0, 0.05) is 0 Å². The third kappa shape index (κ3) is 1020. The average molecular weight is 299 g/mol. The Morgan fingerprint density at radius 3 is 1.10 bits per heavy atom. The summed E-state index contributed by atoms with van der Waals surface area (Å²) in [5.74, 6) is 0. The van der Waals surface area contributed by atoms with Crippen molar-refractivity contribution in [2.75, 3.05) is 0 Å². The topological polar surface area (TPSA) is 132 Å². The van der Waals surface area contributed by atoms with Gasteiger partial charge in [-0.2, -0.15) is 8.42 Å². The van der Waals surface area contributed by atoms with E-state index < -0.39 is 16.6 Å². The third-order valence-corrected chi connectivity index (χ3v) is 0. The first-order valence-electron chi connectivity index (χ1n) is 1.35. The minimum atomic E-state index is -4.67. The van der Waals surface area contributed by atoms with E-state index in [0.717, 1.165) is 0 Å². The maximum atomic E-state index is 8.74.